The summed E-state index contributed by atoms with van der Waals surface area (Å²) in [7, 11) is 0. The predicted molar refractivity (Wildman–Crippen MR) is 75.0 cm³/mol. The standard InChI is InChI=1S/C13H9Cl2N3O/c14-10-5-4-9(11(15)7-10)8-18-13(19)17-6-2-1-3-12(17)16-18/h1-7H,8H2. The maximum absolute atomic E-state index is 12.1. The second kappa shape index (κ2) is 4.72. The van der Waals surface area contributed by atoms with Gasteiger partial charge in [-0.25, -0.2) is 9.48 Å². The average molecular weight is 294 g/mol. The fourth-order valence-electron chi connectivity index (χ4n) is 1.88. The Balaban J connectivity index is 2.06. The van der Waals surface area contributed by atoms with Crippen LogP contribution >= 0.6 is 23.2 Å². The largest absolute Gasteiger partial charge is 0.350 e. The highest BCUT2D eigenvalue weighted by atomic mass is 35.5. The molecule has 6 heteroatoms. The van der Waals surface area contributed by atoms with E-state index in [1.54, 1.807) is 36.5 Å². The molecule has 0 radical (unpaired) electrons. The summed E-state index contributed by atoms with van der Waals surface area (Å²) >= 11 is 11.9. The molecule has 3 aromatic rings. The summed E-state index contributed by atoms with van der Waals surface area (Å²) in [5.74, 6) is 0. The van der Waals surface area contributed by atoms with E-state index < -0.39 is 0 Å². The zero-order valence-electron chi connectivity index (χ0n) is 9.75. The fraction of sp³-hybridized carbons (Fsp3) is 0.0769. The van der Waals surface area contributed by atoms with Crippen LogP contribution in [0.2, 0.25) is 10.0 Å². The monoisotopic (exact) mass is 293 g/mol. The first-order chi connectivity index (χ1) is 9.15. The minimum Gasteiger partial charge on any atom is -0.250 e. The average Bonchev–Trinajstić information content (AvgIpc) is 2.70. The van der Waals surface area contributed by atoms with Crippen LogP contribution in [0, 0.1) is 0 Å². The Morgan fingerprint density at radius 1 is 1.16 bits per heavy atom. The number of halogens is 2. The first-order valence-electron chi connectivity index (χ1n) is 5.63. The molecule has 0 atom stereocenters. The van der Waals surface area contributed by atoms with Gasteiger partial charge in [-0.1, -0.05) is 35.3 Å². The number of rotatable bonds is 2. The minimum atomic E-state index is -0.193. The molecule has 0 aliphatic heterocycles. The molecular formula is C13H9Cl2N3O. The van der Waals surface area contributed by atoms with Gasteiger partial charge in [-0.3, -0.25) is 4.40 Å². The lowest BCUT2D eigenvalue weighted by molar-refractivity contribution is 0.659. The Morgan fingerprint density at radius 2 is 2.00 bits per heavy atom. The van der Waals surface area contributed by atoms with Crippen molar-refractivity contribution in [3.8, 4) is 0 Å². The summed E-state index contributed by atoms with van der Waals surface area (Å²) < 4.78 is 2.87. The van der Waals surface area contributed by atoms with E-state index in [-0.39, 0.29) is 5.69 Å². The van der Waals surface area contributed by atoms with E-state index in [0.29, 0.717) is 22.2 Å². The van der Waals surface area contributed by atoms with Crippen LogP contribution in [0.15, 0.2) is 47.4 Å². The van der Waals surface area contributed by atoms with Crippen LogP contribution in [0.3, 0.4) is 0 Å². The third kappa shape index (κ3) is 2.25. The number of fused-ring (bicyclic) bond motifs is 1. The Hall–Kier alpha value is -1.78. The van der Waals surface area contributed by atoms with Crippen LogP contribution in [0.5, 0.6) is 0 Å². The van der Waals surface area contributed by atoms with Crippen molar-refractivity contribution in [2.24, 2.45) is 0 Å². The Bertz CT molecular complexity index is 807. The SMILES string of the molecule is O=c1n(Cc2ccc(Cl)cc2Cl)nc2ccccn12. The number of aromatic nitrogens is 3. The van der Waals surface area contributed by atoms with Gasteiger partial charge in [-0.2, -0.15) is 0 Å². The Kier molecular flexibility index (Phi) is 3.05. The maximum Gasteiger partial charge on any atom is 0.350 e. The van der Waals surface area contributed by atoms with Crippen LogP contribution < -0.4 is 5.69 Å². The van der Waals surface area contributed by atoms with Crippen molar-refractivity contribution in [2.45, 2.75) is 6.54 Å². The molecule has 4 nitrogen and oxygen atoms in total. The molecular weight excluding hydrogens is 285 g/mol. The van der Waals surface area contributed by atoms with E-state index in [2.05, 4.69) is 5.10 Å². The van der Waals surface area contributed by atoms with Crippen molar-refractivity contribution in [3.63, 3.8) is 0 Å². The molecule has 0 N–H and O–H groups in total. The van der Waals surface area contributed by atoms with Crippen molar-refractivity contribution in [1.29, 1.82) is 0 Å². The van der Waals surface area contributed by atoms with E-state index in [1.807, 2.05) is 6.07 Å². The van der Waals surface area contributed by atoms with E-state index in [1.165, 1.54) is 9.08 Å². The van der Waals surface area contributed by atoms with E-state index in [0.717, 1.165) is 5.56 Å². The van der Waals surface area contributed by atoms with Gasteiger partial charge in [-0.15, -0.1) is 5.10 Å². The highest BCUT2D eigenvalue weighted by Gasteiger charge is 2.08. The maximum atomic E-state index is 12.1. The Labute approximate surface area is 118 Å². The normalized spacial score (nSPS) is 11.1. The highest BCUT2D eigenvalue weighted by Crippen LogP contribution is 2.21. The third-order valence-electron chi connectivity index (χ3n) is 2.82. The molecule has 2 heterocycles. The van der Waals surface area contributed by atoms with Gasteiger partial charge in [0.15, 0.2) is 5.65 Å². The van der Waals surface area contributed by atoms with Gasteiger partial charge < -0.3 is 0 Å². The molecule has 1 aromatic carbocycles. The van der Waals surface area contributed by atoms with Crippen LogP contribution in [-0.2, 0) is 6.54 Å². The number of nitrogens with zero attached hydrogens (tertiary/aromatic N) is 3. The van der Waals surface area contributed by atoms with E-state index in [9.17, 15) is 4.79 Å². The van der Waals surface area contributed by atoms with Crippen LogP contribution in [-0.4, -0.2) is 14.2 Å². The second-order valence-corrected chi connectivity index (χ2v) is 4.95. The van der Waals surface area contributed by atoms with E-state index in [4.69, 9.17) is 23.2 Å². The third-order valence-corrected chi connectivity index (χ3v) is 3.41. The summed E-state index contributed by atoms with van der Waals surface area (Å²) in [6.45, 7) is 0.316. The molecule has 0 bridgehead atoms. The molecule has 0 unspecified atom stereocenters. The van der Waals surface area contributed by atoms with Crippen molar-refractivity contribution in [3.05, 3.63) is 68.7 Å². The summed E-state index contributed by atoms with van der Waals surface area (Å²) in [5.41, 5.74) is 1.22. The minimum absolute atomic E-state index is 0.193. The van der Waals surface area contributed by atoms with Gasteiger partial charge in [0.05, 0.1) is 6.54 Å². The summed E-state index contributed by atoms with van der Waals surface area (Å²) in [6, 6.07) is 10.6. The molecule has 0 saturated heterocycles. The van der Waals surface area contributed by atoms with Gasteiger partial charge in [0, 0.05) is 16.2 Å². The van der Waals surface area contributed by atoms with Gasteiger partial charge in [-0.05, 0) is 29.8 Å². The van der Waals surface area contributed by atoms with Crippen LogP contribution in [0.1, 0.15) is 5.56 Å². The van der Waals surface area contributed by atoms with E-state index >= 15 is 0 Å². The van der Waals surface area contributed by atoms with Crippen molar-refractivity contribution >= 4 is 28.8 Å². The van der Waals surface area contributed by atoms with Crippen molar-refractivity contribution in [1.82, 2.24) is 14.2 Å². The molecule has 0 aliphatic rings. The topological polar surface area (TPSA) is 39.3 Å². The zero-order chi connectivity index (χ0) is 13.4. The summed E-state index contributed by atoms with van der Waals surface area (Å²) in [6.07, 6.45) is 1.69. The molecule has 2 aromatic heterocycles. The smallest absolute Gasteiger partial charge is 0.250 e. The van der Waals surface area contributed by atoms with Gasteiger partial charge in [0.2, 0.25) is 0 Å². The first-order valence-corrected chi connectivity index (χ1v) is 6.39. The lowest BCUT2D eigenvalue weighted by atomic mass is 10.2. The van der Waals surface area contributed by atoms with Crippen LogP contribution in [0.25, 0.3) is 5.65 Å². The molecule has 0 aliphatic carbocycles. The zero-order valence-corrected chi connectivity index (χ0v) is 11.3. The van der Waals surface area contributed by atoms with Gasteiger partial charge >= 0.3 is 5.69 Å². The lowest BCUT2D eigenvalue weighted by Gasteiger charge is -2.03. The summed E-state index contributed by atoms with van der Waals surface area (Å²) in [5, 5.41) is 5.34. The molecule has 19 heavy (non-hydrogen) atoms. The predicted octanol–water partition coefficient (Wildman–Crippen LogP) is 2.85. The lowest BCUT2D eigenvalue weighted by Crippen LogP contribution is -2.21. The molecule has 96 valence electrons. The molecule has 3 rings (SSSR count). The fourth-order valence-corrected chi connectivity index (χ4v) is 2.35. The number of pyridine rings is 1. The molecule has 0 spiro atoms. The Morgan fingerprint density at radius 3 is 2.74 bits per heavy atom. The highest BCUT2D eigenvalue weighted by molar-refractivity contribution is 6.35. The quantitative estimate of drug-likeness (QED) is 0.729. The van der Waals surface area contributed by atoms with Gasteiger partial charge in [0.1, 0.15) is 0 Å². The first kappa shape index (κ1) is 12.3. The molecule has 0 amide bonds. The van der Waals surface area contributed by atoms with Gasteiger partial charge in [0.25, 0.3) is 0 Å². The number of hydrogen-bond acceptors (Lipinski definition) is 2. The van der Waals surface area contributed by atoms with Crippen molar-refractivity contribution < 1.29 is 0 Å². The van der Waals surface area contributed by atoms with Crippen molar-refractivity contribution in [2.75, 3.05) is 0 Å². The van der Waals surface area contributed by atoms with Crippen LogP contribution in [0.4, 0.5) is 0 Å². The number of benzene rings is 1. The second-order valence-electron chi connectivity index (χ2n) is 4.10. The molecule has 0 fully saturated rings. The molecule has 0 saturated carbocycles. The summed E-state index contributed by atoms with van der Waals surface area (Å²) in [4.78, 5) is 12.1. The number of hydrogen-bond donors (Lipinski definition) is 0.